The molecule has 0 aromatic heterocycles. The van der Waals surface area contributed by atoms with E-state index in [9.17, 15) is 5.11 Å². The first-order valence-corrected chi connectivity index (χ1v) is 5.80. The number of halogens is 1. The molecule has 0 bridgehead atoms. The van der Waals surface area contributed by atoms with Crippen LogP contribution in [-0.4, -0.2) is 12.2 Å². The highest BCUT2D eigenvalue weighted by atomic mass is 35.5. The number of benzene rings is 1. The fourth-order valence-corrected chi connectivity index (χ4v) is 2.50. The van der Waals surface area contributed by atoms with Crippen LogP contribution < -0.4 is 10.5 Å². The third-order valence-corrected chi connectivity index (χ3v) is 3.69. The minimum absolute atomic E-state index is 0.0349. The van der Waals surface area contributed by atoms with Crippen molar-refractivity contribution < 1.29 is 9.84 Å². The predicted octanol–water partition coefficient (Wildman–Crippen LogP) is 2.78. The molecule has 0 aliphatic heterocycles. The van der Waals surface area contributed by atoms with E-state index in [1.807, 2.05) is 6.07 Å². The Morgan fingerprint density at radius 2 is 2.00 bits per heavy atom. The smallest absolute Gasteiger partial charge is 0.141 e. The van der Waals surface area contributed by atoms with E-state index in [2.05, 4.69) is 0 Å². The first kappa shape index (κ1) is 11.6. The van der Waals surface area contributed by atoms with Crippen molar-refractivity contribution in [2.24, 2.45) is 5.73 Å². The molecule has 2 rings (SSSR count). The molecule has 0 amide bonds. The number of hydrogen-bond acceptors (Lipinski definition) is 3. The molecule has 0 atom stereocenters. The van der Waals surface area contributed by atoms with Crippen molar-refractivity contribution in [2.75, 3.05) is 7.11 Å². The summed E-state index contributed by atoms with van der Waals surface area (Å²) in [6.07, 6.45) is 4.14. The molecule has 1 aromatic rings. The molecule has 0 radical (unpaired) electrons. The van der Waals surface area contributed by atoms with E-state index >= 15 is 0 Å². The second-order valence-electron chi connectivity index (χ2n) is 4.37. The number of hydrogen-bond donors (Lipinski definition) is 2. The van der Waals surface area contributed by atoms with E-state index < -0.39 is 0 Å². The van der Waals surface area contributed by atoms with Gasteiger partial charge in [-0.2, -0.15) is 0 Å². The molecule has 1 aromatic carbocycles. The van der Waals surface area contributed by atoms with Crippen molar-refractivity contribution in [3.05, 3.63) is 22.7 Å². The Labute approximate surface area is 100 Å². The third-order valence-electron chi connectivity index (χ3n) is 3.31. The van der Waals surface area contributed by atoms with Gasteiger partial charge in [0, 0.05) is 5.54 Å². The quantitative estimate of drug-likeness (QED) is 0.837. The molecule has 0 heterocycles. The minimum atomic E-state index is -0.338. The van der Waals surface area contributed by atoms with Crippen LogP contribution >= 0.6 is 11.6 Å². The average molecular weight is 242 g/mol. The molecule has 1 fully saturated rings. The van der Waals surface area contributed by atoms with Crippen molar-refractivity contribution in [3.63, 3.8) is 0 Å². The van der Waals surface area contributed by atoms with Crippen molar-refractivity contribution in [2.45, 2.75) is 31.2 Å². The maximum Gasteiger partial charge on any atom is 0.141 e. The van der Waals surface area contributed by atoms with Crippen LogP contribution in [0, 0.1) is 0 Å². The normalized spacial score (nSPS) is 18.7. The summed E-state index contributed by atoms with van der Waals surface area (Å²) in [4.78, 5) is 0. The highest BCUT2D eigenvalue weighted by Crippen LogP contribution is 2.42. The first-order valence-electron chi connectivity index (χ1n) is 5.43. The van der Waals surface area contributed by atoms with Gasteiger partial charge in [-0.15, -0.1) is 0 Å². The lowest BCUT2D eigenvalue weighted by Crippen LogP contribution is -2.33. The highest BCUT2D eigenvalue weighted by Gasteiger charge is 2.32. The van der Waals surface area contributed by atoms with Gasteiger partial charge in [0.15, 0.2) is 0 Å². The Kier molecular flexibility index (Phi) is 3.00. The van der Waals surface area contributed by atoms with Crippen LogP contribution in [0.15, 0.2) is 12.1 Å². The highest BCUT2D eigenvalue weighted by molar-refractivity contribution is 6.33. The van der Waals surface area contributed by atoms with Crippen LogP contribution in [0.1, 0.15) is 31.2 Å². The third kappa shape index (κ3) is 1.85. The molecule has 0 spiro atoms. The van der Waals surface area contributed by atoms with Gasteiger partial charge in [-0.3, -0.25) is 0 Å². The number of rotatable bonds is 2. The number of methoxy groups -OCH3 is 1. The average Bonchev–Trinajstić information content (AvgIpc) is 2.70. The summed E-state index contributed by atoms with van der Waals surface area (Å²) in [6.45, 7) is 0. The largest absolute Gasteiger partial charge is 0.506 e. The van der Waals surface area contributed by atoms with Gasteiger partial charge in [0.05, 0.1) is 7.11 Å². The van der Waals surface area contributed by atoms with Crippen LogP contribution in [0.2, 0.25) is 5.02 Å². The molecule has 1 saturated carbocycles. The Hall–Kier alpha value is -0.930. The lowest BCUT2D eigenvalue weighted by molar-refractivity contribution is 0.399. The van der Waals surface area contributed by atoms with E-state index in [0.29, 0.717) is 5.75 Å². The van der Waals surface area contributed by atoms with E-state index in [-0.39, 0.29) is 16.3 Å². The van der Waals surface area contributed by atoms with E-state index in [1.165, 1.54) is 7.11 Å². The van der Waals surface area contributed by atoms with Gasteiger partial charge >= 0.3 is 0 Å². The van der Waals surface area contributed by atoms with Crippen LogP contribution in [0.4, 0.5) is 0 Å². The molecular weight excluding hydrogens is 226 g/mol. The molecule has 4 heteroatoms. The standard InChI is InChI=1S/C12H16ClNO2/c1-16-10-7-8(6-9(15)11(10)13)12(14)4-2-3-5-12/h6-7,15H,2-5,14H2,1H3. The summed E-state index contributed by atoms with van der Waals surface area (Å²) in [7, 11) is 1.53. The fraction of sp³-hybridized carbons (Fsp3) is 0.500. The molecule has 3 nitrogen and oxygen atoms in total. The molecule has 88 valence electrons. The zero-order valence-corrected chi connectivity index (χ0v) is 10.0. The van der Waals surface area contributed by atoms with E-state index in [0.717, 1.165) is 31.2 Å². The van der Waals surface area contributed by atoms with Crippen molar-refractivity contribution >= 4 is 11.6 Å². The van der Waals surface area contributed by atoms with Gasteiger partial charge in [-0.25, -0.2) is 0 Å². The number of phenols is 1. The van der Waals surface area contributed by atoms with Crippen molar-refractivity contribution in [3.8, 4) is 11.5 Å². The number of aromatic hydroxyl groups is 1. The first-order chi connectivity index (χ1) is 7.57. The van der Waals surface area contributed by atoms with Gasteiger partial charge in [0.1, 0.15) is 16.5 Å². The maximum atomic E-state index is 9.72. The topological polar surface area (TPSA) is 55.5 Å². The van der Waals surface area contributed by atoms with Crippen molar-refractivity contribution in [1.29, 1.82) is 0 Å². The molecular formula is C12H16ClNO2. The van der Waals surface area contributed by atoms with Gasteiger partial charge in [-0.1, -0.05) is 24.4 Å². The van der Waals surface area contributed by atoms with E-state index in [1.54, 1.807) is 6.07 Å². The summed E-state index contributed by atoms with van der Waals surface area (Å²) in [6, 6.07) is 3.48. The molecule has 1 aliphatic rings. The zero-order valence-electron chi connectivity index (χ0n) is 9.29. The molecule has 16 heavy (non-hydrogen) atoms. The summed E-state index contributed by atoms with van der Waals surface area (Å²) in [5, 5.41) is 9.96. The second kappa shape index (κ2) is 4.15. The van der Waals surface area contributed by atoms with Gasteiger partial charge in [0.2, 0.25) is 0 Å². The summed E-state index contributed by atoms with van der Waals surface area (Å²) in [5.74, 6) is 0.515. The molecule has 0 saturated heterocycles. The van der Waals surface area contributed by atoms with E-state index in [4.69, 9.17) is 22.1 Å². The summed E-state index contributed by atoms with van der Waals surface area (Å²) < 4.78 is 5.12. The summed E-state index contributed by atoms with van der Waals surface area (Å²) >= 11 is 5.90. The monoisotopic (exact) mass is 241 g/mol. The number of phenolic OH excluding ortho intramolecular Hbond substituents is 1. The van der Waals surface area contributed by atoms with Gasteiger partial charge in [0.25, 0.3) is 0 Å². The molecule has 1 aliphatic carbocycles. The predicted molar refractivity (Wildman–Crippen MR) is 64.0 cm³/mol. The van der Waals surface area contributed by atoms with Gasteiger partial charge < -0.3 is 15.6 Å². The van der Waals surface area contributed by atoms with Crippen LogP contribution in [0.5, 0.6) is 11.5 Å². The summed E-state index contributed by atoms with van der Waals surface area (Å²) in [5.41, 5.74) is 6.88. The van der Waals surface area contributed by atoms with Crippen LogP contribution in [0.3, 0.4) is 0 Å². The Bertz CT molecular complexity index is 400. The van der Waals surface area contributed by atoms with Crippen LogP contribution in [0.25, 0.3) is 0 Å². The Morgan fingerprint density at radius 1 is 1.38 bits per heavy atom. The van der Waals surface area contributed by atoms with Gasteiger partial charge in [-0.05, 0) is 30.5 Å². The molecule has 0 unspecified atom stereocenters. The number of ether oxygens (including phenoxy) is 1. The van der Waals surface area contributed by atoms with Crippen LogP contribution in [-0.2, 0) is 5.54 Å². The lowest BCUT2D eigenvalue weighted by Gasteiger charge is -2.25. The Balaban J connectivity index is 2.45. The number of nitrogens with two attached hydrogens (primary N) is 1. The zero-order chi connectivity index (χ0) is 11.8. The SMILES string of the molecule is COc1cc(C2(N)CCCC2)cc(O)c1Cl. The fourth-order valence-electron chi connectivity index (χ4n) is 2.31. The Morgan fingerprint density at radius 3 is 2.56 bits per heavy atom. The maximum absolute atomic E-state index is 9.72. The second-order valence-corrected chi connectivity index (χ2v) is 4.75. The minimum Gasteiger partial charge on any atom is -0.506 e. The lowest BCUT2D eigenvalue weighted by atomic mass is 9.89. The van der Waals surface area contributed by atoms with Crippen molar-refractivity contribution in [1.82, 2.24) is 0 Å². The molecule has 3 N–H and O–H groups in total.